The summed E-state index contributed by atoms with van der Waals surface area (Å²) in [5.74, 6) is 0.432. The normalized spacial score (nSPS) is 16.4. The van der Waals surface area contributed by atoms with Gasteiger partial charge >= 0.3 is 0 Å². The van der Waals surface area contributed by atoms with E-state index in [4.69, 9.17) is 4.42 Å². The Balaban J connectivity index is 2.65. The van der Waals surface area contributed by atoms with Gasteiger partial charge in [-0.3, -0.25) is 0 Å². The Morgan fingerprint density at radius 2 is 2.00 bits per heavy atom. The van der Waals surface area contributed by atoms with Gasteiger partial charge in [0.05, 0.1) is 12.4 Å². The van der Waals surface area contributed by atoms with E-state index in [0.717, 1.165) is 0 Å². The van der Waals surface area contributed by atoms with Gasteiger partial charge in [-0.05, 0) is 18.1 Å². The fourth-order valence-corrected chi connectivity index (χ4v) is 0.992. The highest BCUT2D eigenvalue weighted by molar-refractivity contribution is 5.03. The van der Waals surface area contributed by atoms with Gasteiger partial charge in [0.15, 0.2) is 0 Å². The zero-order valence-electron chi connectivity index (χ0n) is 7.27. The van der Waals surface area contributed by atoms with Crippen LogP contribution in [0.5, 0.6) is 0 Å². The summed E-state index contributed by atoms with van der Waals surface area (Å²) in [6.45, 7) is 3.69. The predicted molar refractivity (Wildman–Crippen MR) is 44.5 cm³/mol. The molecule has 12 heavy (non-hydrogen) atoms. The standard InChI is InChI=1S/C9H14O3/c1-6(2)8(10)9(11)7-4-3-5-12-7/h3-6,8-11H,1-2H3/t8-,9-/m1/s1. The van der Waals surface area contributed by atoms with Gasteiger partial charge in [-0.15, -0.1) is 0 Å². The van der Waals surface area contributed by atoms with E-state index in [9.17, 15) is 10.2 Å². The Morgan fingerprint density at radius 1 is 1.33 bits per heavy atom. The van der Waals surface area contributed by atoms with Gasteiger partial charge in [-0.1, -0.05) is 13.8 Å². The average molecular weight is 170 g/mol. The first-order chi connectivity index (χ1) is 5.63. The van der Waals surface area contributed by atoms with Crippen LogP contribution in [0.25, 0.3) is 0 Å². The van der Waals surface area contributed by atoms with E-state index >= 15 is 0 Å². The monoisotopic (exact) mass is 170 g/mol. The third-order valence-corrected chi connectivity index (χ3v) is 1.84. The molecular formula is C9H14O3. The second-order valence-electron chi connectivity index (χ2n) is 3.19. The van der Waals surface area contributed by atoms with Crippen LogP contribution < -0.4 is 0 Å². The molecule has 1 heterocycles. The SMILES string of the molecule is CC(C)[C@@H](O)[C@H](O)c1ccco1. The van der Waals surface area contributed by atoms with Gasteiger partial charge in [-0.2, -0.15) is 0 Å². The van der Waals surface area contributed by atoms with Gasteiger partial charge in [-0.25, -0.2) is 0 Å². The first-order valence-corrected chi connectivity index (χ1v) is 4.02. The average Bonchev–Trinajstić information content (AvgIpc) is 2.53. The topological polar surface area (TPSA) is 53.6 Å². The van der Waals surface area contributed by atoms with E-state index in [2.05, 4.69) is 0 Å². The highest BCUT2D eigenvalue weighted by Gasteiger charge is 2.23. The van der Waals surface area contributed by atoms with Crippen LogP contribution in [-0.4, -0.2) is 16.3 Å². The number of rotatable bonds is 3. The van der Waals surface area contributed by atoms with Gasteiger partial charge in [0, 0.05) is 0 Å². The summed E-state index contributed by atoms with van der Waals surface area (Å²) in [5, 5.41) is 19.0. The maximum absolute atomic E-state index is 9.50. The highest BCUT2D eigenvalue weighted by atomic mass is 16.4. The number of furan rings is 1. The molecule has 0 radical (unpaired) electrons. The number of hydrogen-bond donors (Lipinski definition) is 2. The zero-order chi connectivity index (χ0) is 9.14. The van der Waals surface area contributed by atoms with Crippen LogP contribution in [0.4, 0.5) is 0 Å². The molecule has 0 bridgehead atoms. The van der Waals surface area contributed by atoms with E-state index < -0.39 is 12.2 Å². The Hall–Kier alpha value is -0.800. The van der Waals surface area contributed by atoms with Crippen LogP contribution in [0.3, 0.4) is 0 Å². The molecule has 0 unspecified atom stereocenters. The summed E-state index contributed by atoms with van der Waals surface area (Å²) in [6, 6.07) is 3.34. The smallest absolute Gasteiger partial charge is 0.138 e. The van der Waals surface area contributed by atoms with E-state index in [-0.39, 0.29) is 5.92 Å². The number of aliphatic hydroxyl groups excluding tert-OH is 2. The van der Waals surface area contributed by atoms with Crippen molar-refractivity contribution in [3.05, 3.63) is 24.2 Å². The van der Waals surface area contributed by atoms with Crippen molar-refractivity contribution in [2.45, 2.75) is 26.1 Å². The van der Waals surface area contributed by atoms with E-state index in [1.807, 2.05) is 13.8 Å². The van der Waals surface area contributed by atoms with E-state index in [0.29, 0.717) is 5.76 Å². The summed E-state index contributed by atoms with van der Waals surface area (Å²) >= 11 is 0. The summed E-state index contributed by atoms with van der Waals surface area (Å²) < 4.78 is 4.96. The second-order valence-corrected chi connectivity index (χ2v) is 3.19. The Labute approximate surface area is 71.6 Å². The van der Waals surface area contributed by atoms with E-state index in [1.54, 1.807) is 12.1 Å². The summed E-state index contributed by atoms with van der Waals surface area (Å²) in [6.07, 6.45) is -0.206. The van der Waals surface area contributed by atoms with Crippen LogP contribution in [-0.2, 0) is 0 Å². The largest absolute Gasteiger partial charge is 0.466 e. The minimum Gasteiger partial charge on any atom is -0.466 e. The Bertz CT molecular complexity index is 216. The summed E-state index contributed by atoms with van der Waals surface area (Å²) in [5.41, 5.74) is 0. The summed E-state index contributed by atoms with van der Waals surface area (Å²) in [7, 11) is 0. The number of hydrogen-bond acceptors (Lipinski definition) is 3. The van der Waals surface area contributed by atoms with Crippen molar-refractivity contribution >= 4 is 0 Å². The Kier molecular flexibility index (Phi) is 2.89. The van der Waals surface area contributed by atoms with Gasteiger partial charge < -0.3 is 14.6 Å². The molecule has 3 heteroatoms. The molecule has 3 nitrogen and oxygen atoms in total. The van der Waals surface area contributed by atoms with Crippen molar-refractivity contribution in [2.75, 3.05) is 0 Å². The molecule has 68 valence electrons. The van der Waals surface area contributed by atoms with Crippen molar-refractivity contribution < 1.29 is 14.6 Å². The van der Waals surface area contributed by atoms with Crippen molar-refractivity contribution in [1.82, 2.24) is 0 Å². The third-order valence-electron chi connectivity index (χ3n) is 1.84. The van der Waals surface area contributed by atoms with Crippen LogP contribution in [0.15, 0.2) is 22.8 Å². The molecule has 0 aliphatic carbocycles. The third kappa shape index (κ3) is 1.87. The first-order valence-electron chi connectivity index (χ1n) is 4.02. The minimum absolute atomic E-state index is 0.0186. The molecular weight excluding hydrogens is 156 g/mol. The maximum atomic E-state index is 9.50. The molecule has 0 amide bonds. The zero-order valence-corrected chi connectivity index (χ0v) is 7.27. The maximum Gasteiger partial charge on any atom is 0.138 e. The van der Waals surface area contributed by atoms with Crippen molar-refractivity contribution in [3.8, 4) is 0 Å². The molecule has 0 fully saturated rings. The van der Waals surface area contributed by atoms with Gasteiger partial charge in [0.25, 0.3) is 0 Å². The molecule has 0 saturated carbocycles. The molecule has 0 aliphatic heterocycles. The predicted octanol–water partition coefficient (Wildman–Crippen LogP) is 1.33. The number of aliphatic hydroxyl groups is 2. The molecule has 1 aromatic heterocycles. The molecule has 0 saturated heterocycles. The molecule has 0 spiro atoms. The first kappa shape index (κ1) is 9.29. The molecule has 2 atom stereocenters. The van der Waals surface area contributed by atoms with Crippen molar-refractivity contribution in [2.24, 2.45) is 5.92 Å². The van der Waals surface area contributed by atoms with Crippen molar-refractivity contribution in [3.63, 3.8) is 0 Å². The van der Waals surface area contributed by atoms with Crippen LogP contribution >= 0.6 is 0 Å². The molecule has 0 aliphatic rings. The molecule has 2 N–H and O–H groups in total. The quantitative estimate of drug-likeness (QED) is 0.719. The summed E-state index contributed by atoms with van der Waals surface area (Å²) in [4.78, 5) is 0. The van der Waals surface area contributed by atoms with Gasteiger partial charge in [0.1, 0.15) is 11.9 Å². The van der Waals surface area contributed by atoms with Crippen molar-refractivity contribution in [1.29, 1.82) is 0 Å². The Morgan fingerprint density at radius 3 is 2.42 bits per heavy atom. The fraction of sp³-hybridized carbons (Fsp3) is 0.556. The lowest BCUT2D eigenvalue weighted by Gasteiger charge is -2.18. The lowest BCUT2D eigenvalue weighted by Crippen LogP contribution is -2.23. The van der Waals surface area contributed by atoms with Crippen LogP contribution in [0.2, 0.25) is 0 Å². The molecule has 0 aromatic carbocycles. The molecule has 1 rings (SSSR count). The molecule has 1 aromatic rings. The minimum atomic E-state index is -0.917. The fourth-order valence-electron chi connectivity index (χ4n) is 0.992. The lowest BCUT2D eigenvalue weighted by molar-refractivity contribution is -0.0204. The van der Waals surface area contributed by atoms with Gasteiger partial charge in [0.2, 0.25) is 0 Å². The highest BCUT2D eigenvalue weighted by Crippen LogP contribution is 2.21. The van der Waals surface area contributed by atoms with Crippen LogP contribution in [0.1, 0.15) is 25.7 Å². The second kappa shape index (κ2) is 3.74. The van der Waals surface area contributed by atoms with E-state index in [1.165, 1.54) is 6.26 Å². The van der Waals surface area contributed by atoms with Crippen LogP contribution in [0, 0.1) is 5.92 Å². The lowest BCUT2D eigenvalue weighted by atomic mass is 10.0.